The molecule has 0 aliphatic carbocycles. The van der Waals surface area contributed by atoms with Gasteiger partial charge in [-0.15, -0.1) is 11.8 Å². The van der Waals surface area contributed by atoms with Gasteiger partial charge in [-0.2, -0.15) is 5.26 Å². The van der Waals surface area contributed by atoms with E-state index in [9.17, 15) is 14.9 Å². The van der Waals surface area contributed by atoms with Crippen LogP contribution in [0.25, 0.3) is 0 Å². The van der Waals surface area contributed by atoms with Crippen molar-refractivity contribution >= 4 is 23.6 Å². The smallest absolute Gasteiger partial charge is 0.250 e. The van der Waals surface area contributed by atoms with Crippen LogP contribution in [0.15, 0.2) is 30.3 Å². The maximum atomic E-state index is 12.2. The van der Waals surface area contributed by atoms with Crippen LogP contribution < -0.4 is 5.32 Å². The fraction of sp³-hybridized carbons (Fsp3) is 0.438. The van der Waals surface area contributed by atoms with Gasteiger partial charge in [0.05, 0.1) is 12.5 Å². The molecular weight excluding hydrogens is 298 g/mol. The highest BCUT2D eigenvalue weighted by atomic mass is 32.2. The number of rotatable bonds is 3. The van der Waals surface area contributed by atoms with Crippen molar-refractivity contribution in [3.63, 3.8) is 0 Å². The van der Waals surface area contributed by atoms with Crippen molar-refractivity contribution in [3.8, 4) is 6.07 Å². The van der Waals surface area contributed by atoms with Gasteiger partial charge in [-0.3, -0.25) is 9.59 Å². The number of fused-ring (bicyclic) bond motifs is 1. The summed E-state index contributed by atoms with van der Waals surface area (Å²) in [5.74, 6) is -0.320. The van der Waals surface area contributed by atoms with E-state index in [2.05, 4.69) is 11.4 Å². The number of carbonyl (C=O) groups is 2. The first-order chi connectivity index (χ1) is 10.4. The number of hydrogen-bond donors (Lipinski definition) is 1. The molecule has 0 radical (unpaired) electrons. The van der Waals surface area contributed by atoms with Gasteiger partial charge >= 0.3 is 0 Å². The summed E-state index contributed by atoms with van der Waals surface area (Å²) in [6.45, 7) is 3.92. The fourth-order valence-corrected chi connectivity index (χ4v) is 4.53. The Morgan fingerprint density at radius 2 is 2.09 bits per heavy atom. The number of carbonyl (C=O) groups excluding carboxylic acids is 2. The van der Waals surface area contributed by atoms with E-state index < -0.39 is 12.1 Å². The minimum Gasteiger partial charge on any atom is -0.341 e. The number of hydrogen-bond acceptors (Lipinski definition) is 4. The first-order valence-corrected chi connectivity index (χ1v) is 8.05. The SMILES string of the molecule is CC1(C)SC2C(NC(=O)Cc3ccccc3)C(=O)N2C1C#N. The molecule has 2 aliphatic rings. The number of benzene rings is 1. The normalized spacial score (nSPS) is 28.5. The number of β-lactam (4-membered cyclic amide) rings is 1. The molecule has 0 saturated carbocycles. The third-order valence-electron chi connectivity index (χ3n) is 4.09. The van der Waals surface area contributed by atoms with Gasteiger partial charge in [-0.25, -0.2) is 0 Å². The second-order valence-electron chi connectivity index (χ2n) is 6.10. The molecule has 3 unspecified atom stereocenters. The Balaban J connectivity index is 1.65. The summed E-state index contributed by atoms with van der Waals surface area (Å²) in [4.78, 5) is 25.9. The van der Waals surface area contributed by atoms with E-state index in [0.717, 1.165) is 5.56 Å². The Kier molecular flexibility index (Phi) is 3.61. The minimum absolute atomic E-state index is 0.133. The summed E-state index contributed by atoms with van der Waals surface area (Å²) >= 11 is 1.58. The molecule has 3 atom stereocenters. The average Bonchev–Trinajstić information content (AvgIpc) is 2.73. The highest BCUT2D eigenvalue weighted by Crippen LogP contribution is 2.50. The van der Waals surface area contributed by atoms with E-state index in [-0.39, 0.29) is 28.4 Å². The molecule has 6 heteroatoms. The molecule has 2 saturated heterocycles. The molecule has 0 spiro atoms. The largest absolute Gasteiger partial charge is 0.341 e. The van der Waals surface area contributed by atoms with Gasteiger partial charge in [0.1, 0.15) is 17.5 Å². The zero-order chi connectivity index (χ0) is 15.9. The van der Waals surface area contributed by atoms with Crippen molar-refractivity contribution in [3.05, 3.63) is 35.9 Å². The maximum Gasteiger partial charge on any atom is 0.250 e. The van der Waals surface area contributed by atoms with Crippen LogP contribution >= 0.6 is 11.8 Å². The second kappa shape index (κ2) is 5.33. The molecule has 1 aromatic rings. The Morgan fingerprint density at radius 3 is 2.73 bits per heavy atom. The van der Waals surface area contributed by atoms with Gasteiger partial charge < -0.3 is 10.2 Å². The molecular formula is C16H17N3O2S. The molecule has 3 rings (SSSR count). The first-order valence-electron chi connectivity index (χ1n) is 7.17. The molecule has 114 valence electrons. The van der Waals surface area contributed by atoms with E-state index in [1.165, 1.54) is 0 Å². The number of nitriles is 1. The van der Waals surface area contributed by atoms with Crippen LogP contribution in [0.4, 0.5) is 0 Å². The van der Waals surface area contributed by atoms with Crippen molar-refractivity contribution in [2.45, 2.75) is 42.5 Å². The Bertz CT molecular complexity index is 653. The van der Waals surface area contributed by atoms with Gasteiger partial charge in [-0.1, -0.05) is 30.3 Å². The molecule has 2 fully saturated rings. The van der Waals surface area contributed by atoms with E-state index in [4.69, 9.17) is 0 Å². The van der Waals surface area contributed by atoms with Crippen LogP contribution in [-0.2, 0) is 16.0 Å². The summed E-state index contributed by atoms with van der Waals surface area (Å²) in [6, 6.07) is 10.7. The quantitative estimate of drug-likeness (QED) is 0.853. The highest BCUT2D eigenvalue weighted by Gasteiger charge is 2.62. The minimum atomic E-state index is -0.515. The monoisotopic (exact) mass is 315 g/mol. The lowest BCUT2D eigenvalue weighted by molar-refractivity contribution is -0.149. The third kappa shape index (κ3) is 2.35. The van der Waals surface area contributed by atoms with Gasteiger partial charge in [0.25, 0.3) is 0 Å². The first kappa shape index (κ1) is 14.9. The van der Waals surface area contributed by atoms with Crippen molar-refractivity contribution in [1.82, 2.24) is 10.2 Å². The lowest BCUT2D eigenvalue weighted by Gasteiger charge is -2.43. The number of amides is 2. The van der Waals surface area contributed by atoms with Gasteiger partial charge in [-0.05, 0) is 19.4 Å². The van der Waals surface area contributed by atoms with E-state index >= 15 is 0 Å². The highest BCUT2D eigenvalue weighted by molar-refractivity contribution is 8.01. The van der Waals surface area contributed by atoms with Crippen LogP contribution in [0.2, 0.25) is 0 Å². The fourth-order valence-electron chi connectivity index (χ4n) is 2.95. The zero-order valence-electron chi connectivity index (χ0n) is 12.4. The van der Waals surface area contributed by atoms with Gasteiger partial charge in [0.2, 0.25) is 11.8 Å². The van der Waals surface area contributed by atoms with Crippen LogP contribution in [0.1, 0.15) is 19.4 Å². The molecule has 1 N–H and O–H groups in total. The van der Waals surface area contributed by atoms with Crippen LogP contribution in [0.3, 0.4) is 0 Å². The molecule has 2 amide bonds. The topological polar surface area (TPSA) is 73.2 Å². The summed E-state index contributed by atoms with van der Waals surface area (Å²) < 4.78 is -0.312. The Morgan fingerprint density at radius 1 is 1.41 bits per heavy atom. The van der Waals surface area contributed by atoms with Crippen LogP contribution in [0.5, 0.6) is 0 Å². The molecule has 0 bridgehead atoms. The predicted octanol–water partition coefficient (Wildman–Crippen LogP) is 1.30. The van der Waals surface area contributed by atoms with Crippen molar-refractivity contribution < 1.29 is 9.59 Å². The van der Waals surface area contributed by atoms with Crippen molar-refractivity contribution in [2.24, 2.45) is 0 Å². The molecule has 22 heavy (non-hydrogen) atoms. The average molecular weight is 315 g/mol. The van der Waals surface area contributed by atoms with E-state index in [1.807, 2.05) is 44.2 Å². The van der Waals surface area contributed by atoms with Gasteiger partial charge in [0.15, 0.2) is 0 Å². The Labute approximate surface area is 133 Å². The van der Waals surface area contributed by atoms with Gasteiger partial charge in [0, 0.05) is 4.75 Å². The van der Waals surface area contributed by atoms with E-state index in [1.54, 1.807) is 16.7 Å². The summed E-state index contributed by atoms with van der Waals surface area (Å²) in [6.07, 6.45) is 0.257. The summed E-state index contributed by atoms with van der Waals surface area (Å²) in [5, 5.41) is 11.9. The zero-order valence-corrected chi connectivity index (χ0v) is 13.3. The summed E-state index contributed by atoms with van der Waals surface area (Å²) in [7, 11) is 0. The molecule has 2 heterocycles. The standard InChI is InChI=1S/C16H17N3O2S/c1-16(2)11(9-17)19-14(21)13(15(19)22-16)18-12(20)8-10-6-4-3-5-7-10/h3-7,11,13,15H,8H2,1-2H3,(H,18,20). The lowest BCUT2D eigenvalue weighted by Crippen LogP contribution is -2.69. The molecule has 5 nitrogen and oxygen atoms in total. The summed E-state index contributed by atoms with van der Waals surface area (Å²) in [5.41, 5.74) is 0.915. The maximum absolute atomic E-state index is 12.2. The lowest BCUT2D eigenvalue weighted by atomic mass is 9.97. The molecule has 2 aliphatic heterocycles. The van der Waals surface area contributed by atoms with E-state index in [0.29, 0.717) is 0 Å². The number of nitrogens with one attached hydrogen (secondary N) is 1. The second-order valence-corrected chi connectivity index (χ2v) is 7.87. The van der Waals surface area contributed by atoms with Crippen molar-refractivity contribution in [1.29, 1.82) is 5.26 Å². The van der Waals surface area contributed by atoms with Crippen LogP contribution in [-0.4, -0.2) is 38.9 Å². The number of nitrogens with zero attached hydrogens (tertiary/aromatic N) is 2. The van der Waals surface area contributed by atoms with Crippen LogP contribution in [0, 0.1) is 11.3 Å². The van der Waals surface area contributed by atoms with Crippen molar-refractivity contribution in [2.75, 3.05) is 0 Å². The molecule has 1 aromatic carbocycles. The third-order valence-corrected chi connectivity index (χ3v) is 5.66. The predicted molar refractivity (Wildman–Crippen MR) is 83.8 cm³/mol. The number of thioether (sulfide) groups is 1. The Hall–Kier alpha value is -2.00. The molecule has 0 aromatic heterocycles.